The zero-order valence-corrected chi connectivity index (χ0v) is 13.0. The standard InChI is InChI=1S/C14H19FN2O3S/c1-13(21(3,19)20)8-11(18)14(2,17-12(13)16)9-6-4-5-7-10(9)15/h4-7,11,18H,8H2,1-3H3,(H2,16,17)/t11?,13?,14-/m1/s1. The van der Waals surface area contributed by atoms with Gasteiger partial charge in [-0.1, -0.05) is 18.2 Å². The van der Waals surface area contributed by atoms with Crippen LogP contribution in [-0.4, -0.2) is 36.5 Å². The van der Waals surface area contributed by atoms with Crippen molar-refractivity contribution in [3.05, 3.63) is 35.6 Å². The summed E-state index contributed by atoms with van der Waals surface area (Å²) in [6.07, 6.45) is -0.249. The Bertz CT molecular complexity index is 704. The highest BCUT2D eigenvalue weighted by atomic mass is 32.2. The molecule has 0 amide bonds. The molecule has 21 heavy (non-hydrogen) atoms. The van der Waals surface area contributed by atoms with E-state index < -0.39 is 32.0 Å². The van der Waals surface area contributed by atoms with Crippen LogP contribution in [0.4, 0.5) is 4.39 Å². The molecule has 0 saturated heterocycles. The van der Waals surface area contributed by atoms with Crippen LogP contribution in [0.5, 0.6) is 0 Å². The summed E-state index contributed by atoms with van der Waals surface area (Å²) in [5.41, 5.74) is 4.75. The summed E-state index contributed by atoms with van der Waals surface area (Å²) in [4.78, 5) is 4.17. The van der Waals surface area contributed by atoms with E-state index >= 15 is 0 Å². The molecule has 0 spiro atoms. The first-order chi connectivity index (χ1) is 9.52. The summed E-state index contributed by atoms with van der Waals surface area (Å²) in [5, 5.41) is 10.4. The predicted molar refractivity (Wildman–Crippen MR) is 79.2 cm³/mol. The SMILES string of the molecule is CC1(S(C)(=O)=O)CC(O)[C@@](C)(c2ccccc2F)N=C1N. The smallest absolute Gasteiger partial charge is 0.160 e. The number of amidine groups is 1. The molecule has 1 heterocycles. The summed E-state index contributed by atoms with van der Waals surface area (Å²) >= 11 is 0. The van der Waals surface area contributed by atoms with Gasteiger partial charge < -0.3 is 10.8 Å². The minimum atomic E-state index is -3.56. The zero-order chi connectivity index (χ0) is 16.1. The van der Waals surface area contributed by atoms with Crippen molar-refractivity contribution < 1.29 is 17.9 Å². The van der Waals surface area contributed by atoms with Crippen LogP contribution in [0, 0.1) is 5.82 Å². The Hall–Kier alpha value is -1.47. The maximum atomic E-state index is 14.0. The molecule has 0 saturated carbocycles. The number of sulfone groups is 1. The Kier molecular flexibility index (Phi) is 3.62. The largest absolute Gasteiger partial charge is 0.390 e. The number of aliphatic imine (C=N–C) groups is 1. The van der Waals surface area contributed by atoms with E-state index in [0.717, 1.165) is 6.26 Å². The zero-order valence-electron chi connectivity index (χ0n) is 12.2. The van der Waals surface area contributed by atoms with Crippen LogP contribution in [0.1, 0.15) is 25.8 Å². The Balaban J connectivity index is 2.63. The van der Waals surface area contributed by atoms with E-state index in [9.17, 15) is 17.9 Å². The fraction of sp³-hybridized carbons (Fsp3) is 0.500. The minimum Gasteiger partial charge on any atom is -0.390 e. The number of hydrogen-bond donors (Lipinski definition) is 2. The van der Waals surface area contributed by atoms with Gasteiger partial charge in [-0.05, 0) is 19.9 Å². The van der Waals surface area contributed by atoms with E-state index in [0.29, 0.717) is 0 Å². The lowest BCUT2D eigenvalue weighted by Crippen LogP contribution is -2.57. The number of benzene rings is 1. The molecule has 2 unspecified atom stereocenters. The van der Waals surface area contributed by atoms with Crippen LogP contribution in [0.15, 0.2) is 29.3 Å². The van der Waals surface area contributed by atoms with Crippen molar-refractivity contribution >= 4 is 15.7 Å². The van der Waals surface area contributed by atoms with Crippen molar-refractivity contribution in [3.8, 4) is 0 Å². The van der Waals surface area contributed by atoms with Crippen molar-refractivity contribution in [2.75, 3.05) is 6.26 Å². The van der Waals surface area contributed by atoms with Gasteiger partial charge in [0, 0.05) is 18.2 Å². The lowest BCUT2D eigenvalue weighted by atomic mass is 9.79. The number of hydrogen-bond acceptors (Lipinski definition) is 5. The van der Waals surface area contributed by atoms with Gasteiger partial charge in [0.1, 0.15) is 21.9 Å². The number of nitrogens with zero attached hydrogens (tertiary/aromatic N) is 1. The molecule has 1 aliphatic heterocycles. The quantitative estimate of drug-likeness (QED) is 0.850. The number of rotatable bonds is 2. The van der Waals surface area contributed by atoms with Gasteiger partial charge in [-0.2, -0.15) is 0 Å². The fourth-order valence-corrected chi connectivity index (χ4v) is 3.45. The normalized spacial score (nSPS) is 33.6. The van der Waals surface area contributed by atoms with Gasteiger partial charge in [0.15, 0.2) is 9.84 Å². The first-order valence-corrected chi connectivity index (χ1v) is 8.40. The van der Waals surface area contributed by atoms with Gasteiger partial charge in [0.25, 0.3) is 0 Å². The third kappa shape index (κ3) is 2.34. The molecular weight excluding hydrogens is 295 g/mol. The first kappa shape index (κ1) is 15.9. The Morgan fingerprint density at radius 1 is 1.38 bits per heavy atom. The molecule has 0 aliphatic carbocycles. The molecule has 0 bridgehead atoms. The molecule has 3 atom stereocenters. The van der Waals surface area contributed by atoms with Crippen LogP contribution in [0.2, 0.25) is 0 Å². The van der Waals surface area contributed by atoms with Crippen molar-refractivity contribution in [2.45, 2.75) is 36.7 Å². The van der Waals surface area contributed by atoms with E-state index in [-0.39, 0.29) is 17.8 Å². The molecule has 0 fully saturated rings. The van der Waals surface area contributed by atoms with E-state index in [1.54, 1.807) is 13.0 Å². The highest BCUT2D eigenvalue weighted by molar-refractivity contribution is 7.92. The van der Waals surface area contributed by atoms with E-state index in [1.807, 2.05) is 0 Å². The van der Waals surface area contributed by atoms with Gasteiger partial charge >= 0.3 is 0 Å². The highest BCUT2D eigenvalue weighted by Gasteiger charge is 2.52. The third-order valence-corrected chi connectivity index (χ3v) is 6.38. The summed E-state index contributed by atoms with van der Waals surface area (Å²) in [7, 11) is -3.56. The topological polar surface area (TPSA) is 92.8 Å². The number of aliphatic hydroxyl groups excluding tert-OH is 1. The van der Waals surface area contributed by atoms with E-state index in [2.05, 4.69) is 4.99 Å². The lowest BCUT2D eigenvalue weighted by Gasteiger charge is -2.42. The second-order valence-electron chi connectivity index (χ2n) is 5.85. The molecule has 2 rings (SSSR count). The Morgan fingerprint density at radius 3 is 2.48 bits per heavy atom. The molecule has 1 aliphatic rings. The number of halogens is 1. The molecule has 1 aromatic carbocycles. The second-order valence-corrected chi connectivity index (χ2v) is 8.29. The summed E-state index contributed by atoms with van der Waals surface area (Å²) in [6, 6.07) is 5.94. The fourth-order valence-electron chi connectivity index (χ4n) is 2.57. The maximum absolute atomic E-state index is 14.0. The van der Waals surface area contributed by atoms with Gasteiger partial charge in [0.05, 0.1) is 6.10 Å². The lowest BCUT2D eigenvalue weighted by molar-refractivity contribution is 0.0718. The number of nitrogens with two attached hydrogens (primary N) is 1. The second kappa shape index (κ2) is 4.78. The summed E-state index contributed by atoms with van der Waals surface area (Å²) in [5.74, 6) is -0.625. The van der Waals surface area contributed by atoms with Gasteiger partial charge in [0.2, 0.25) is 0 Å². The molecule has 3 N–H and O–H groups in total. The van der Waals surface area contributed by atoms with Gasteiger partial charge in [-0.15, -0.1) is 0 Å². The molecule has 7 heteroatoms. The van der Waals surface area contributed by atoms with E-state index in [1.165, 1.54) is 25.1 Å². The predicted octanol–water partition coefficient (Wildman–Crippen LogP) is 0.966. The number of aliphatic hydroxyl groups is 1. The summed E-state index contributed by atoms with van der Waals surface area (Å²) in [6.45, 7) is 2.97. The van der Waals surface area contributed by atoms with Gasteiger partial charge in [-0.25, -0.2) is 12.8 Å². The van der Waals surface area contributed by atoms with E-state index in [4.69, 9.17) is 5.73 Å². The van der Waals surface area contributed by atoms with Crippen molar-refractivity contribution in [3.63, 3.8) is 0 Å². The highest BCUT2D eigenvalue weighted by Crippen LogP contribution is 2.41. The molecular formula is C14H19FN2O3S. The average molecular weight is 314 g/mol. The van der Waals surface area contributed by atoms with Crippen LogP contribution in [0.25, 0.3) is 0 Å². The minimum absolute atomic E-state index is 0.110. The van der Waals surface area contributed by atoms with Crippen LogP contribution >= 0.6 is 0 Å². The molecule has 1 aromatic rings. The van der Waals surface area contributed by atoms with Crippen molar-refractivity contribution in [2.24, 2.45) is 10.7 Å². The molecule has 116 valence electrons. The van der Waals surface area contributed by atoms with Crippen LogP contribution in [0.3, 0.4) is 0 Å². The summed E-state index contributed by atoms with van der Waals surface area (Å²) < 4.78 is 36.4. The van der Waals surface area contributed by atoms with Crippen LogP contribution in [-0.2, 0) is 15.4 Å². The Labute approximate surface area is 123 Å². The molecule has 0 radical (unpaired) electrons. The monoisotopic (exact) mass is 314 g/mol. The molecule has 5 nitrogen and oxygen atoms in total. The van der Waals surface area contributed by atoms with Gasteiger partial charge in [-0.3, -0.25) is 4.99 Å². The molecule has 0 aromatic heterocycles. The van der Waals surface area contributed by atoms with Crippen LogP contribution < -0.4 is 5.73 Å². The Morgan fingerprint density at radius 2 is 1.95 bits per heavy atom. The van der Waals surface area contributed by atoms with Crippen molar-refractivity contribution in [1.82, 2.24) is 0 Å². The average Bonchev–Trinajstić information content (AvgIpc) is 2.35. The first-order valence-electron chi connectivity index (χ1n) is 6.51. The maximum Gasteiger partial charge on any atom is 0.160 e. The van der Waals surface area contributed by atoms with Crippen molar-refractivity contribution in [1.29, 1.82) is 0 Å². The third-order valence-electron chi connectivity index (χ3n) is 4.36.